The quantitative estimate of drug-likeness (QED) is 0.868. The van der Waals surface area contributed by atoms with E-state index < -0.39 is 12.0 Å². The van der Waals surface area contributed by atoms with Crippen molar-refractivity contribution in [2.75, 3.05) is 7.11 Å². The standard InChI is InChI=1S/C13H14N2O3S/c1-9(13(17)18-2)14-12(16)11-10(5-8-19-11)15-6-3-4-7-15/h3-9H,1-2H3,(H,14,16). The maximum Gasteiger partial charge on any atom is 0.328 e. The van der Waals surface area contributed by atoms with Gasteiger partial charge in [0.2, 0.25) is 0 Å². The molecule has 1 unspecified atom stereocenters. The number of rotatable bonds is 4. The number of thiophene rings is 1. The SMILES string of the molecule is COC(=O)C(C)NC(=O)c1sccc1-n1cccc1. The van der Waals surface area contributed by atoms with Crippen LogP contribution in [-0.4, -0.2) is 29.6 Å². The average molecular weight is 278 g/mol. The van der Waals surface area contributed by atoms with E-state index in [-0.39, 0.29) is 5.91 Å². The van der Waals surface area contributed by atoms with Crippen LogP contribution in [0.5, 0.6) is 0 Å². The van der Waals surface area contributed by atoms with Crippen LogP contribution in [0.1, 0.15) is 16.6 Å². The van der Waals surface area contributed by atoms with E-state index in [1.54, 1.807) is 6.92 Å². The molecule has 0 fully saturated rings. The predicted molar refractivity (Wildman–Crippen MR) is 72.6 cm³/mol. The summed E-state index contributed by atoms with van der Waals surface area (Å²) in [4.78, 5) is 24.0. The summed E-state index contributed by atoms with van der Waals surface area (Å²) < 4.78 is 6.43. The molecular weight excluding hydrogens is 264 g/mol. The second-order valence-electron chi connectivity index (χ2n) is 3.94. The summed E-state index contributed by atoms with van der Waals surface area (Å²) in [6, 6.07) is 4.96. The molecule has 2 rings (SSSR count). The van der Waals surface area contributed by atoms with E-state index in [2.05, 4.69) is 10.1 Å². The molecule has 5 nitrogen and oxygen atoms in total. The fourth-order valence-electron chi connectivity index (χ4n) is 1.67. The van der Waals surface area contributed by atoms with Gasteiger partial charge in [0.15, 0.2) is 0 Å². The van der Waals surface area contributed by atoms with Gasteiger partial charge in [0.05, 0.1) is 12.8 Å². The topological polar surface area (TPSA) is 60.3 Å². The molecule has 2 aromatic heterocycles. The highest BCUT2D eigenvalue weighted by Crippen LogP contribution is 2.21. The number of hydrogen-bond donors (Lipinski definition) is 1. The number of hydrogen-bond acceptors (Lipinski definition) is 4. The minimum atomic E-state index is -0.669. The zero-order valence-electron chi connectivity index (χ0n) is 10.6. The summed E-state index contributed by atoms with van der Waals surface area (Å²) >= 11 is 1.33. The van der Waals surface area contributed by atoms with Crippen molar-refractivity contribution in [1.29, 1.82) is 0 Å². The van der Waals surface area contributed by atoms with Crippen LogP contribution in [0.15, 0.2) is 36.0 Å². The molecule has 0 aliphatic rings. The third kappa shape index (κ3) is 2.85. The Labute approximate surface area is 114 Å². The third-order valence-corrected chi connectivity index (χ3v) is 3.54. The Kier molecular flexibility index (Phi) is 4.01. The monoisotopic (exact) mass is 278 g/mol. The summed E-state index contributed by atoms with van der Waals surface area (Å²) in [6.07, 6.45) is 3.73. The molecule has 6 heteroatoms. The normalized spacial score (nSPS) is 11.9. The van der Waals surface area contributed by atoms with Crippen molar-refractivity contribution in [3.05, 3.63) is 40.8 Å². The molecule has 1 N–H and O–H groups in total. The molecule has 2 heterocycles. The highest BCUT2D eigenvalue weighted by atomic mass is 32.1. The number of esters is 1. The predicted octanol–water partition coefficient (Wildman–Crippen LogP) is 1.83. The van der Waals surface area contributed by atoms with Gasteiger partial charge < -0.3 is 14.6 Å². The van der Waals surface area contributed by atoms with Gasteiger partial charge in [-0.25, -0.2) is 4.79 Å². The fourth-order valence-corrected chi connectivity index (χ4v) is 2.46. The van der Waals surface area contributed by atoms with Gasteiger partial charge in [-0.3, -0.25) is 4.79 Å². The van der Waals surface area contributed by atoms with Gasteiger partial charge in [-0.05, 0) is 30.5 Å². The minimum absolute atomic E-state index is 0.281. The van der Waals surface area contributed by atoms with Gasteiger partial charge >= 0.3 is 5.97 Å². The molecule has 1 atom stereocenters. The zero-order valence-corrected chi connectivity index (χ0v) is 11.4. The van der Waals surface area contributed by atoms with Crippen LogP contribution < -0.4 is 5.32 Å². The lowest BCUT2D eigenvalue weighted by molar-refractivity contribution is -0.142. The second-order valence-corrected chi connectivity index (χ2v) is 4.86. The van der Waals surface area contributed by atoms with E-state index in [0.717, 1.165) is 5.69 Å². The van der Waals surface area contributed by atoms with Crippen LogP contribution in [0.3, 0.4) is 0 Å². The van der Waals surface area contributed by atoms with Crippen molar-refractivity contribution >= 4 is 23.2 Å². The average Bonchev–Trinajstić information content (AvgIpc) is 3.06. The first-order chi connectivity index (χ1) is 9.13. The van der Waals surface area contributed by atoms with Crippen molar-refractivity contribution in [3.8, 4) is 5.69 Å². The number of ether oxygens (including phenoxy) is 1. The first kappa shape index (κ1) is 13.4. The van der Waals surface area contributed by atoms with Gasteiger partial charge in [0, 0.05) is 12.4 Å². The molecule has 1 amide bonds. The number of nitrogens with zero attached hydrogens (tertiary/aromatic N) is 1. The summed E-state index contributed by atoms with van der Waals surface area (Å²) in [7, 11) is 1.29. The molecule has 0 aliphatic carbocycles. The third-order valence-electron chi connectivity index (χ3n) is 2.64. The van der Waals surface area contributed by atoms with Gasteiger partial charge in [-0.15, -0.1) is 11.3 Å². The van der Waals surface area contributed by atoms with E-state index in [9.17, 15) is 9.59 Å². The molecule has 0 spiro atoms. The maximum absolute atomic E-state index is 12.1. The van der Waals surface area contributed by atoms with Crippen LogP contribution in [-0.2, 0) is 9.53 Å². The molecule has 2 aromatic rings. The summed E-state index contributed by atoms with van der Waals surface area (Å²) in [5.41, 5.74) is 0.796. The lowest BCUT2D eigenvalue weighted by atomic mass is 10.3. The van der Waals surface area contributed by atoms with Crippen molar-refractivity contribution in [2.24, 2.45) is 0 Å². The molecule has 0 saturated carbocycles. The summed E-state index contributed by atoms with van der Waals surface area (Å²) in [6.45, 7) is 1.59. The summed E-state index contributed by atoms with van der Waals surface area (Å²) in [5, 5.41) is 4.46. The van der Waals surface area contributed by atoms with E-state index >= 15 is 0 Å². The van der Waals surface area contributed by atoms with E-state index in [0.29, 0.717) is 4.88 Å². The number of aromatic nitrogens is 1. The number of amides is 1. The molecular formula is C13H14N2O3S. The van der Waals surface area contributed by atoms with Gasteiger partial charge in [-0.1, -0.05) is 0 Å². The Hall–Kier alpha value is -2.08. The highest BCUT2D eigenvalue weighted by Gasteiger charge is 2.20. The Balaban J connectivity index is 2.17. The van der Waals surface area contributed by atoms with Crippen LogP contribution >= 0.6 is 11.3 Å². The van der Waals surface area contributed by atoms with Crippen molar-refractivity contribution in [2.45, 2.75) is 13.0 Å². The zero-order chi connectivity index (χ0) is 13.8. The van der Waals surface area contributed by atoms with E-state index in [4.69, 9.17) is 0 Å². The Bertz CT molecular complexity index is 574. The number of methoxy groups -OCH3 is 1. The molecule has 19 heavy (non-hydrogen) atoms. The van der Waals surface area contributed by atoms with E-state index in [1.165, 1.54) is 18.4 Å². The van der Waals surface area contributed by atoms with Crippen LogP contribution in [0, 0.1) is 0 Å². The Morgan fingerprint density at radius 1 is 1.37 bits per heavy atom. The number of carbonyl (C=O) groups excluding carboxylic acids is 2. The van der Waals surface area contributed by atoms with Gasteiger partial charge in [0.1, 0.15) is 10.9 Å². The highest BCUT2D eigenvalue weighted by molar-refractivity contribution is 7.12. The van der Waals surface area contributed by atoms with Crippen molar-refractivity contribution in [3.63, 3.8) is 0 Å². The minimum Gasteiger partial charge on any atom is -0.467 e. The maximum atomic E-state index is 12.1. The lowest BCUT2D eigenvalue weighted by Gasteiger charge is -2.11. The first-order valence-corrected chi connectivity index (χ1v) is 6.61. The number of nitrogens with one attached hydrogen (secondary N) is 1. The van der Waals surface area contributed by atoms with Crippen molar-refractivity contribution < 1.29 is 14.3 Å². The van der Waals surface area contributed by atoms with Crippen LogP contribution in [0.2, 0.25) is 0 Å². The molecule has 0 saturated heterocycles. The van der Waals surface area contributed by atoms with E-state index in [1.807, 2.05) is 40.5 Å². The van der Waals surface area contributed by atoms with Gasteiger partial charge in [-0.2, -0.15) is 0 Å². The second kappa shape index (κ2) is 5.71. The summed E-state index contributed by atoms with van der Waals surface area (Å²) in [5.74, 6) is -0.746. The van der Waals surface area contributed by atoms with Gasteiger partial charge in [0.25, 0.3) is 5.91 Å². The fraction of sp³-hybridized carbons (Fsp3) is 0.231. The number of carbonyl (C=O) groups is 2. The molecule has 0 bridgehead atoms. The molecule has 0 aromatic carbocycles. The smallest absolute Gasteiger partial charge is 0.328 e. The van der Waals surface area contributed by atoms with Crippen LogP contribution in [0.25, 0.3) is 5.69 Å². The molecule has 0 radical (unpaired) electrons. The molecule has 100 valence electrons. The van der Waals surface area contributed by atoms with Crippen LogP contribution in [0.4, 0.5) is 0 Å². The Morgan fingerprint density at radius 3 is 2.68 bits per heavy atom. The van der Waals surface area contributed by atoms with Crippen molar-refractivity contribution in [1.82, 2.24) is 9.88 Å². The lowest BCUT2D eigenvalue weighted by Crippen LogP contribution is -2.39. The Morgan fingerprint density at radius 2 is 2.05 bits per heavy atom. The first-order valence-electron chi connectivity index (χ1n) is 5.73. The largest absolute Gasteiger partial charge is 0.467 e. The molecule has 0 aliphatic heterocycles.